The Hall–Kier alpha value is -3.64. The first-order valence-corrected chi connectivity index (χ1v) is 9.73. The van der Waals surface area contributed by atoms with Crippen LogP contribution in [-0.2, 0) is 4.79 Å². The predicted molar refractivity (Wildman–Crippen MR) is 120 cm³/mol. The lowest BCUT2D eigenvalue weighted by Gasteiger charge is -2.10. The van der Waals surface area contributed by atoms with E-state index >= 15 is 0 Å². The summed E-state index contributed by atoms with van der Waals surface area (Å²) in [6.07, 6.45) is 0. The molecule has 4 rings (SSSR count). The van der Waals surface area contributed by atoms with E-state index in [4.69, 9.17) is 11.6 Å². The Bertz CT molecular complexity index is 1270. The number of halogens is 1. The van der Waals surface area contributed by atoms with E-state index in [1.165, 1.54) is 6.92 Å². The molecule has 0 fully saturated rings. The molecule has 7 heteroatoms. The summed E-state index contributed by atoms with van der Waals surface area (Å²) < 4.78 is 2.05. The summed E-state index contributed by atoms with van der Waals surface area (Å²) in [4.78, 5) is 28.7. The van der Waals surface area contributed by atoms with E-state index < -0.39 is 0 Å². The van der Waals surface area contributed by atoms with Gasteiger partial charge in [-0.05, 0) is 55.5 Å². The number of hydrogen-bond donors (Lipinski definition) is 2. The van der Waals surface area contributed by atoms with Crippen LogP contribution in [-0.4, -0.2) is 21.4 Å². The Labute approximate surface area is 178 Å². The maximum absolute atomic E-state index is 12.8. The van der Waals surface area contributed by atoms with Crippen molar-refractivity contribution >= 4 is 45.8 Å². The van der Waals surface area contributed by atoms with Crippen LogP contribution in [0.25, 0.3) is 16.7 Å². The molecule has 2 amide bonds. The number of amides is 2. The van der Waals surface area contributed by atoms with Gasteiger partial charge in [0, 0.05) is 23.9 Å². The number of hydrogen-bond acceptors (Lipinski definition) is 3. The number of anilines is 2. The molecule has 2 N–H and O–H groups in total. The monoisotopic (exact) mass is 418 g/mol. The lowest BCUT2D eigenvalue weighted by Crippen LogP contribution is -2.13. The van der Waals surface area contributed by atoms with Gasteiger partial charge in [-0.1, -0.05) is 29.8 Å². The van der Waals surface area contributed by atoms with Crippen molar-refractivity contribution in [2.24, 2.45) is 0 Å². The molecule has 1 heterocycles. The van der Waals surface area contributed by atoms with Crippen LogP contribution in [0.3, 0.4) is 0 Å². The maximum Gasteiger partial charge on any atom is 0.255 e. The Morgan fingerprint density at radius 1 is 0.967 bits per heavy atom. The minimum Gasteiger partial charge on any atom is -0.326 e. The molecule has 6 nitrogen and oxygen atoms in total. The topological polar surface area (TPSA) is 76.0 Å². The highest BCUT2D eigenvalue weighted by Gasteiger charge is 2.14. The molecule has 3 aromatic carbocycles. The summed E-state index contributed by atoms with van der Waals surface area (Å²) in [6.45, 7) is 3.35. The number of fused-ring (bicyclic) bond motifs is 1. The Balaban J connectivity index is 1.64. The Kier molecular flexibility index (Phi) is 5.25. The lowest BCUT2D eigenvalue weighted by molar-refractivity contribution is -0.114. The highest BCUT2D eigenvalue weighted by molar-refractivity contribution is 6.34. The molecule has 0 radical (unpaired) electrons. The van der Waals surface area contributed by atoms with Crippen molar-refractivity contribution in [3.05, 3.63) is 83.1 Å². The van der Waals surface area contributed by atoms with E-state index in [2.05, 4.69) is 15.6 Å². The van der Waals surface area contributed by atoms with Crippen molar-refractivity contribution in [1.82, 2.24) is 9.55 Å². The number of benzene rings is 3. The summed E-state index contributed by atoms with van der Waals surface area (Å²) in [7, 11) is 0. The van der Waals surface area contributed by atoms with Gasteiger partial charge >= 0.3 is 0 Å². The largest absolute Gasteiger partial charge is 0.326 e. The number of rotatable bonds is 4. The Morgan fingerprint density at radius 2 is 1.73 bits per heavy atom. The SMILES string of the molecule is CC(=O)Nc1ccc(Cl)c(NC(=O)c2ccc3c(c2)nc(C)n3-c2ccccc2)c1. The number of aryl methyl sites for hydroxylation is 1. The van der Waals surface area contributed by atoms with E-state index in [-0.39, 0.29) is 11.8 Å². The zero-order valence-corrected chi connectivity index (χ0v) is 17.2. The van der Waals surface area contributed by atoms with Gasteiger partial charge in [0.15, 0.2) is 0 Å². The minimum atomic E-state index is -0.314. The number of imidazole rings is 1. The summed E-state index contributed by atoms with van der Waals surface area (Å²) >= 11 is 6.21. The van der Waals surface area contributed by atoms with Crippen LogP contribution in [0.15, 0.2) is 66.7 Å². The zero-order valence-electron chi connectivity index (χ0n) is 16.4. The fourth-order valence-electron chi connectivity index (χ4n) is 3.34. The molecule has 0 aliphatic carbocycles. The number of nitrogens with one attached hydrogen (secondary N) is 2. The van der Waals surface area contributed by atoms with Crippen molar-refractivity contribution in [2.75, 3.05) is 10.6 Å². The van der Waals surface area contributed by atoms with E-state index in [0.717, 1.165) is 22.5 Å². The molecule has 0 saturated carbocycles. The summed E-state index contributed by atoms with van der Waals surface area (Å²) in [6, 6.07) is 20.2. The fourth-order valence-corrected chi connectivity index (χ4v) is 3.51. The minimum absolute atomic E-state index is 0.204. The van der Waals surface area contributed by atoms with Crippen LogP contribution in [0, 0.1) is 6.92 Å². The molecule has 4 aromatic rings. The van der Waals surface area contributed by atoms with E-state index in [9.17, 15) is 9.59 Å². The van der Waals surface area contributed by atoms with Gasteiger partial charge in [-0.25, -0.2) is 4.98 Å². The normalized spacial score (nSPS) is 10.8. The van der Waals surface area contributed by atoms with Gasteiger partial charge in [0.05, 0.1) is 21.7 Å². The Morgan fingerprint density at radius 3 is 2.47 bits per heavy atom. The number of carbonyl (C=O) groups excluding carboxylic acids is 2. The van der Waals surface area contributed by atoms with Crippen LogP contribution in [0.2, 0.25) is 5.02 Å². The average molecular weight is 419 g/mol. The molecule has 0 atom stereocenters. The van der Waals surface area contributed by atoms with Crippen molar-refractivity contribution in [1.29, 1.82) is 0 Å². The fraction of sp³-hybridized carbons (Fsp3) is 0.0870. The molecular formula is C23H19ClN4O2. The second kappa shape index (κ2) is 8.00. The third kappa shape index (κ3) is 3.90. The number of para-hydroxylation sites is 1. The quantitative estimate of drug-likeness (QED) is 0.478. The van der Waals surface area contributed by atoms with Gasteiger partial charge in [0.1, 0.15) is 5.82 Å². The van der Waals surface area contributed by atoms with Gasteiger partial charge < -0.3 is 10.6 Å². The van der Waals surface area contributed by atoms with Crippen LogP contribution < -0.4 is 10.6 Å². The molecule has 0 saturated heterocycles. The predicted octanol–water partition coefficient (Wildman–Crippen LogP) is 5.20. The van der Waals surface area contributed by atoms with Crippen molar-refractivity contribution < 1.29 is 9.59 Å². The van der Waals surface area contributed by atoms with E-state index in [1.54, 1.807) is 30.3 Å². The summed E-state index contributed by atoms with van der Waals surface area (Å²) in [5.41, 5.74) is 4.08. The first-order valence-electron chi connectivity index (χ1n) is 9.35. The van der Waals surface area contributed by atoms with Crippen molar-refractivity contribution in [3.8, 4) is 5.69 Å². The number of aromatic nitrogens is 2. The smallest absolute Gasteiger partial charge is 0.255 e. The first kappa shape index (κ1) is 19.7. The van der Waals surface area contributed by atoms with Crippen LogP contribution in [0.4, 0.5) is 11.4 Å². The standard InChI is InChI=1S/C23H19ClN4O2/c1-14-25-21-12-16(8-11-22(21)28(14)18-6-4-3-5-7-18)23(30)27-20-13-17(26-15(2)29)9-10-19(20)24/h3-13H,1-2H3,(H,26,29)(H,27,30). The van der Waals surface area contributed by atoms with Crippen LogP contribution in [0.5, 0.6) is 0 Å². The number of nitrogens with zero attached hydrogens (tertiary/aromatic N) is 2. The number of carbonyl (C=O) groups is 2. The molecule has 30 heavy (non-hydrogen) atoms. The van der Waals surface area contributed by atoms with Crippen molar-refractivity contribution in [2.45, 2.75) is 13.8 Å². The highest BCUT2D eigenvalue weighted by atomic mass is 35.5. The third-order valence-electron chi connectivity index (χ3n) is 4.63. The highest BCUT2D eigenvalue weighted by Crippen LogP contribution is 2.27. The van der Waals surface area contributed by atoms with Crippen LogP contribution >= 0.6 is 11.6 Å². The van der Waals surface area contributed by atoms with Gasteiger partial charge in [0.2, 0.25) is 5.91 Å². The lowest BCUT2D eigenvalue weighted by atomic mass is 10.1. The van der Waals surface area contributed by atoms with Gasteiger partial charge in [-0.2, -0.15) is 0 Å². The summed E-state index contributed by atoms with van der Waals surface area (Å²) in [5.74, 6) is 0.315. The van der Waals surface area contributed by atoms with Gasteiger partial charge in [0.25, 0.3) is 5.91 Å². The molecule has 0 spiro atoms. The van der Waals surface area contributed by atoms with Gasteiger partial charge in [-0.15, -0.1) is 0 Å². The molecule has 0 bridgehead atoms. The second-order valence-electron chi connectivity index (χ2n) is 6.86. The summed E-state index contributed by atoms with van der Waals surface area (Å²) in [5, 5.41) is 5.85. The average Bonchev–Trinajstić information content (AvgIpc) is 3.05. The molecule has 0 aliphatic rings. The first-order chi connectivity index (χ1) is 14.4. The molecular weight excluding hydrogens is 400 g/mol. The maximum atomic E-state index is 12.8. The molecule has 1 aromatic heterocycles. The van der Waals surface area contributed by atoms with E-state index in [1.807, 2.05) is 47.9 Å². The van der Waals surface area contributed by atoms with E-state index in [0.29, 0.717) is 22.0 Å². The molecule has 0 aliphatic heterocycles. The molecule has 150 valence electrons. The molecule has 0 unspecified atom stereocenters. The third-order valence-corrected chi connectivity index (χ3v) is 4.96. The van der Waals surface area contributed by atoms with Crippen molar-refractivity contribution in [3.63, 3.8) is 0 Å². The second-order valence-corrected chi connectivity index (χ2v) is 7.27. The van der Waals surface area contributed by atoms with Crippen LogP contribution in [0.1, 0.15) is 23.1 Å². The zero-order chi connectivity index (χ0) is 21.3. The van der Waals surface area contributed by atoms with Gasteiger partial charge in [-0.3, -0.25) is 14.2 Å².